The number of aliphatic hydroxyl groups is 1. The number of hydrogen-bond donors (Lipinski definition) is 2. The molecule has 0 bridgehead atoms. The van der Waals surface area contributed by atoms with Crippen LogP contribution in [-0.2, 0) is 6.54 Å². The Morgan fingerprint density at radius 3 is 2.75 bits per heavy atom. The van der Waals surface area contributed by atoms with E-state index in [1.807, 2.05) is 12.1 Å². The fourth-order valence-electron chi connectivity index (χ4n) is 2.23. The van der Waals surface area contributed by atoms with Gasteiger partial charge in [0.05, 0.1) is 12.6 Å². The van der Waals surface area contributed by atoms with Crippen LogP contribution in [0.3, 0.4) is 0 Å². The predicted molar refractivity (Wildman–Crippen MR) is 65.0 cm³/mol. The standard InChI is InChI=1S/C13H20N2O/c14-13(10-16)12-5-3-4-11(8-12)9-15-6-1-2-7-15/h3-5,8,13,16H,1-2,6-7,9-10,14H2. The molecule has 0 radical (unpaired) electrons. The van der Waals surface area contributed by atoms with Crippen molar-refractivity contribution < 1.29 is 5.11 Å². The van der Waals surface area contributed by atoms with Crippen molar-refractivity contribution in [3.05, 3.63) is 35.4 Å². The molecule has 1 saturated heterocycles. The number of nitrogens with zero attached hydrogens (tertiary/aromatic N) is 1. The first-order valence-corrected chi connectivity index (χ1v) is 5.97. The third-order valence-electron chi connectivity index (χ3n) is 3.18. The predicted octanol–water partition coefficient (Wildman–Crippen LogP) is 1.27. The Balaban J connectivity index is 2.03. The van der Waals surface area contributed by atoms with Gasteiger partial charge in [0.2, 0.25) is 0 Å². The quantitative estimate of drug-likeness (QED) is 0.803. The number of nitrogens with two attached hydrogens (primary N) is 1. The van der Waals surface area contributed by atoms with E-state index in [0.717, 1.165) is 12.1 Å². The number of aliphatic hydroxyl groups excluding tert-OH is 1. The highest BCUT2D eigenvalue weighted by Crippen LogP contribution is 2.16. The van der Waals surface area contributed by atoms with Crippen LogP contribution in [0.25, 0.3) is 0 Å². The maximum atomic E-state index is 9.03. The van der Waals surface area contributed by atoms with Crippen LogP contribution in [0.15, 0.2) is 24.3 Å². The summed E-state index contributed by atoms with van der Waals surface area (Å²) in [6.45, 7) is 3.42. The zero-order valence-corrected chi connectivity index (χ0v) is 9.60. The SMILES string of the molecule is NC(CO)c1cccc(CN2CCCC2)c1. The van der Waals surface area contributed by atoms with Crippen molar-refractivity contribution in [3.63, 3.8) is 0 Å². The third-order valence-corrected chi connectivity index (χ3v) is 3.18. The first-order valence-electron chi connectivity index (χ1n) is 5.97. The Morgan fingerprint density at radius 2 is 2.06 bits per heavy atom. The van der Waals surface area contributed by atoms with E-state index in [0.29, 0.717) is 0 Å². The largest absolute Gasteiger partial charge is 0.394 e. The van der Waals surface area contributed by atoms with Gasteiger partial charge in [-0.3, -0.25) is 4.90 Å². The van der Waals surface area contributed by atoms with Gasteiger partial charge in [-0.25, -0.2) is 0 Å². The molecule has 1 aromatic carbocycles. The summed E-state index contributed by atoms with van der Waals surface area (Å²) in [6.07, 6.45) is 2.63. The van der Waals surface area contributed by atoms with Gasteiger partial charge in [0.15, 0.2) is 0 Å². The van der Waals surface area contributed by atoms with Gasteiger partial charge in [-0.05, 0) is 37.1 Å². The molecule has 1 unspecified atom stereocenters. The molecule has 3 N–H and O–H groups in total. The molecule has 3 heteroatoms. The fourth-order valence-corrected chi connectivity index (χ4v) is 2.23. The minimum atomic E-state index is -0.251. The molecule has 88 valence electrons. The van der Waals surface area contributed by atoms with E-state index in [-0.39, 0.29) is 12.6 Å². The highest BCUT2D eigenvalue weighted by atomic mass is 16.3. The van der Waals surface area contributed by atoms with Crippen molar-refractivity contribution in [1.82, 2.24) is 4.90 Å². The first-order chi connectivity index (χ1) is 7.79. The maximum Gasteiger partial charge on any atom is 0.0624 e. The van der Waals surface area contributed by atoms with Gasteiger partial charge < -0.3 is 10.8 Å². The zero-order chi connectivity index (χ0) is 11.4. The van der Waals surface area contributed by atoms with Crippen molar-refractivity contribution in [2.75, 3.05) is 19.7 Å². The zero-order valence-electron chi connectivity index (χ0n) is 9.60. The molecule has 3 nitrogen and oxygen atoms in total. The number of rotatable bonds is 4. The lowest BCUT2D eigenvalue weighted by atomic mass is 10.0. The average molecular weight is 220 g/mol. The summed E-state index contributed by atoms with van der Waals surface area (Å²) in [6, 6.07) is 7.99. The lowest BCUT2D eigenvalue weighted by molar-refractivity contribution is 0.268. The van der Waals surface area contributed by atoms with Crippen LogP contribution in [0.5, 0.6) is 0 Å². The second-order valence-corrected chi connectivity index (χ2v) is 4.52. The van der Waals surface area contributed by atoms with Crippen molar-refractivity contribution in [2.24, 2.45) is 5.73 Å². The van der Waals surface area contributed by atoms with Crippen LogP contribution < -0.4 is 5.73 Å². The first kappa shape index (κ1) is 11.6. The fraction of sp³-hybridized carbons (Fsp3) is 0.538. The molecular formula is C13H20N2O. The van der Waals surface area contributed by atoms with Crippen LogP contribution in [-0.4, -0.2) is 29.7 Å². The Kier molecular flexibility index (Phi) is 3.93. The Hall–Kier alpha value is -0.900. The number of benzene rings is 1. The van der Waals surface area contributed by atoms with Crippen LogP contribution >= 0.6 is 0 Å². The minimum Gasteiger partial charge on any atom is -0.394 e. The number of hydrogen-bond acceptors (Lipinski definition) is 3. The van der Waals surface area contributed by atoms with Gasteiger partial charge in [-0.15, -0.1) is 0 Å². The molecule has 0 aromatic heterocycles. The van der Waals surface area contributed by atoms with Gasteiger partial charge in [-0.2, -0.15) is 0 Å². The Bertz CT molecular complexity index is 334. The molecule has 0 amide bonds. The molecule has 1 aliphatic rings. The van der Waals surface area contributed by atoms with Crippen LogP contribution in [0, 0.1) is 0 Å². The second kappa shape index (κ2) is 5.43. The second-order valence-electron chi connectivity index (χ2n) is 4.52. The average Bonchev–Trinajstić information content (AvgIpc) is 2.81. The molecule has 0 saturated carbocycles. The molecule has 1 atom stereocenters. The molecule has 1 aliphatic heterocycles. The minimum absolute atomic E-state index is 0.00711. The van der Waals surface area contributed by atoms with E-state index in [1.165, 1.54) is 31.5 Å². The summed E-state index contributed by atoms with van der Waals surface area (Å²) >= 11 is 0. The summed E-state index contributed by atoms with van der Waals surface area (Å²) in [5, 5.41) is 9.03. The van der Waals surface area contributed by atoms with Crippen LogP contribution in [0.1, 0.15) is 30.0 Å². The molecule has 1 heterocycles. The molecule has 0 aliphatic carbocycles. The van der Waals surface area contributed by atoms with E-state index in [1.54, 1.807) is 0 Å². The lowest BCUT2D eigenvalue weighted by Gasteiger charge is -2.16. The summed E-state index contributed by atoms with van der Waals surface area (Å²) in [4.78, 5) is 2.46. The highest BCUT2D eigenvalue weighted by Gasteiger charge is 2.12. The summed E-state index contributed by atoms with van der Waals surface area (Å²) in [7, 11) is 0. The van der Waals surface area contributed by atoms with E-state index in [2.05, 4.69) is 17.0 Å². The van der Waals surface area contributed by atoms with Gasteiger partial charge in [-0.1, -0.05) is 24.3 Å². The van der Waals surface area contributed by atoms with E-state index >= 15 is 0 Å². The third kappa shape index (κ3) is 2.82. The van der Waals surface area contributed by atoms with Gasteiger partial charge in [0.1, 0.15) is 0 Å². The smallest absolute Gasteiger partial charge is 0.0624 e. The van der Waals surface area contributed by atoms with E-state index < -0.39 is 0 Å². The van der Waals surface area contributed by atoms with Gasteiger partial charge in [0, 0.05) is 6.54 Å². The molecular weight excluding hydrogens is 200 g/mol. The van der Waals surface area contributed by atoms with Crippen molar-refractivity contribution in [3.8, 4) is 0 Å². The highest BCUT2D eigenvalue weighted by molar-refractivity contribution is 5.26. The molecule has 16 heavy (non-hydrogen) atoms. The summed E-state index contributed by atoms with van der Waals surface area (Å²) in [5.74, 6) is 0. The maximum absolute atomic E-state index is 9.03. The summed E-state index contributed by atoms with van der Waals surface area (Å²) < 4.78 is 0. The van der Waals surface area contributed by atoms with Crippen LogP contribution in [0.4, 0.5) is 0 Å². The molecule has 1 aromatic rings. The topological polar surface area (TPSA) is 49.5 Å². The lowest BCUT2D eigenvalue weighted by Crippen LogP contribution is -2.19. The monoisotopic (exact) mass is 220 g/mol. The number of likely N-dealkylation sites (tertiary alicyclic amines) is 1. The van der Waals surface area contributed by atoms with Gasteiger partial charge >= 0.3 is 0 Å². The van der Waals surface area contributed by atoms with E-state index in [4.69, 9.17) is 10.8 Å². The van der Waals surface area contributed by atoms with Crippen molar-refractivity contribution in [2.45, 2.75) is 25.4 Å². The normalized spacial score (nSPS) is 18.9. The Morgan fingerprint density at radius 1 is 1.31 bits per heavy atom. The van der Waals surface area contributed by atoms with Crippen molar-refractivity contribution in [1.29, 1.82) is 0 Å². The van der Waals surface area contributed by atoms with Gasteiger partial charge in [0.25, 0.3) is 0 Å². The molecule has 1 fully saturated rings. The molecule has 2 rings (SSSR count). The molecule has 0 spiro atoms. The summed E-state index contributed by atoms with van der Waals surface area (Å²) in [5.41, 5.74) is 8.13. The van der Waals surface area contributed by atoms with Crippen LogP contribution in [0.2, 0.25) is 0 Å². The van der Waals surface area contributed by atoms with E-state index in [9.17, 15) is 0 Å². The van der Waals surface area contributed by atoms with Crippen molar-refractivity contribution >= 4 is 0 Å². The Labute approximate surface area is 96.9 Å².